The lowest BCUT2D eigenvalue weighted by atomic mass is 10.1. The normalized spacial score (nSPS) is 11.5. The lowest BCUT2D eigenvalue weighted by molar-refractivity contribution is -0.116. The molecule has 0 spiro atoms. The van der Waals surface area contributed by atoms with Crippen molar-refractivity contribution in [2.75, 3.05) is 13.2 Å². The fourth-order valence-electron chi connectivity index (χ4n) is 2.70. The molecule has 0 aliphatic carbocycles. The van der Waals surface area contributed by atoms with E-state index in [0.717, 1.165) is 46.8 Å². The molecule has 3 aromatic rings. The Morgan fingerprint density at radius 3 is 2.92 bits per heavy atom. The van der Waals surface area contributed by atoms with Crippen molar-refractivity contribution >= 4 is 33.8 Å². The second-order valence-electron chi connectivity index (χ2n) is 5.73. The number of nitrogens with zero attached hydrogens (tertiary/aromatic N) is 1. The maximum Gasteiger partial charge on any atom is 0.244 e. The van der Waals surface area contributed by atoms with Gasteiger partial charge >= 0.3 is 0 Å². The van der Waals surface area contributed by atoms with E-state index >= 15 is 0 Å². The molecular weight excluding hydrogens is 302 g/mol. The number of aliphatic hydroxyl groups is 1. The summed E-state index contributed by atoms with van der Waals surface area (Å²) >= 11 is 0. The lowest BCUT2D eigenvalue weighted by Crippen LogP contribution is -2.22. The summed E-state index contributed by atoms with van der Waals surface area (Å²) in [6, 6.07) is 10.1. The minimum absolute atomic E-state index is 0.125. The molecule has 0 aliphatic heterocycles. The molecule has 2 heterocycles. The molecule has 0 bridgehead atoms. The van der Waals surface area contributed by atoms with Crippen molar-refractivity contribution in [2.24, 2.45) is 0 Å². The van der Waals surface area contributed by atoms with E-state index in [1.807, 2.05) is 24.3 Å². The Morgan fingerprint density at radius 2 is 2.04 bits per heavy atom. The van der Waals surface area contributed by atoms with Gasteiger partial charge in [-0.1, -0.05) is 18.2 Å². The van der Waals surface area contributed by atoms with E-state index in [4.69, 9.17) is 5.11 Å². The number of unbranched alkanes of at least 4 members (excludes halogenated alkanes) is 2. The largest absolute Gasteiger partial charge is 0.396 e. The number of H-pyrrole nitrogens is 1. The third-order valence-electron chi connectivity index (χ3n) is 3.95. The molecule has 3 N–H and O–H groups in total. The van der Waals surface area contributed by atoms with Gasteiger partial charge in [0.15, 0.2) is 0 Å². The summed E-state index contributed by atoms with van der Waals surface area (Å²) in [6.07, 6.45) is 7.60. The van der Waals surface area contributed by atoms with Gasteiger partial charge in [-0.2, -0.15) is 0 Å². The molecule has 0 fully saturated rings. The third-order valence-corrected chi connectivity index (χ3v) is 3.95. The van der Waals surface area contributed by atoms with Gasteiger partial charge in [-0.15, -0.1) is 0 Å². The minimum Gasteiger partial charge on any atom is -0.396 e. The van der Waals surface area contributed by atoms with Gasteiger partial charge < -0.3 is 15.4 Å². The summed E-state index contributed by atoms with van der Waals surface area (Å²) in [5, 5.41) is 13.8. The van der Waals surface area contributed by atoms with Crippen molar-refractivity contribution < 1.29 is 9.90 Å². The number of fused-ring (bicyclic) bond motifs is 3. The number of para-hydroxylation sites is 1. The predicted molar refractivity (Wildman–Crippen MR) is 96.6 cm³/mol. The highest BCUT2D eigenvalue weighted by atomic mass is 16.2. The zero-order valence-electron chi connectivity index (χ0n) is 13.5. The number of carbonyl (C=O) groups is 1. The van der Waals surface area contributed by atoms with E-state index < -0.39 is 0 Å². The molecule has 1 amide bonds. The number of hydrogen-bond acceptors (Lipinski definition) is 3. The molecule has 0 aliphatic rings. The van der Waals surface area contributed by atoms with Crippen LogP contribution in [-0.4, -0.2) is 34.1 Å². The summed E-state index contributed by atoms with van der Waals surface area (Å²) < 4.78 is 0. The van der Waals surface area contributed by atoms with E-state index in [9.17, 15) is 4.79 Å². The maximum absolute atomic E-state index is 11.8. The SMILES string of the molecule is O=C(/C=C/c1cc2c(cn1)[nH]c1ccccc12)NCCCCCO. The Bertz CT molecular complexity index is 867. The van der Waals surface area contributed by atoms with Crippen LogP contribution in [0.3, 0.4) is 0 Å². The average molecular weight is 323 g/mol. The number of amides is 1. The van der Waals surface area contributed by atoms with Crippen LogP contribution >= 0.6 is 0 Å². The first kappa shape index (κ1) is 16.2. The molecule has 0 atom stereocenters. The van der Waals surface area contributed by atoms with Crippen LogP contribution in [-0.2, 0) is 4.79 Å². The number of aromatic nitrogens is 2. The molecule has 1 aromatic carbocycles. The van der Waals surface area contributed by atoms with Crippen molar-refractivity contribution in [1.29, 1.82) is 0 Å². The Kier molecular flexibility index (Phi) is 5.23. The molecule has 3 rings (SSSR count). The van der Waals surface area contributed by atoms with Gasteiger partial charge in [0.1, 0.15) is 0 Å². The highest BCUT2D eigenvalue weighted by molar-refractivity contribution is 6.07. The summed E-state index contributed by atoms with van der Waals surface area (Å²) in [5.41, 5.74) is 2.82. The first-order valence-corrected chi connectivity index (χ1v) is 8.21. The summed E-state index contributed by atoms with van der Waals surface area (Å²) in [7, 11) is 0. The summed E-state index contributed by atoms with van der Waals surface area (Å²) in [5.74, 6) is -0.125. The maximum atomic E-state index is 11.8. The van der Waals surface area contributed by atoms with Gasteiger partial charge in [-0.25, -0.2) is 0 Å². The fourth-order valence-corrected chi connectivity index (χ4v) is 2.70. The van der Waals surface area contributed by atoms with Crippen LogP contribution in [0.5, 0.6) is 0 Å². The number of hydrogen-bond donors (Lipinski definition) is 3. The van der Waals surface area contributed by atoms with Crippen molar-refractivity contribution in [2.45, 2.75) is 19.3 Å². The topological polar surface area (TPSA) is 78.0 Å². The Balaban J connectivity index is 1.66. The number of carbonyl (C=O) groups excluding carboxylic acids is 1. The third kappa shape index (κ3) is 3.81. The highest BCUT2D eigenvalue weighted by Gasteiger charge is 2.04. The number of aromatic amines is 1. The Labute approximate surface area is 140 Å². The van der Waals surface area contributed by atoms with Crippen LogP contribution in [0.2, 0.25) is 0 Å². The number of pyridine rings is 1. The molecule has 0 radical (unpaired) electrons. The highest BCUT2D eigenvalue weighted by Crippen LogP contribution is 2.25. The van der Waals surface area contributed by atoms with Crippen molar-refractivity contribution in [1.82, 2.24) is 15.3 Å². The van der Waals surface area contributed by atoms with Gasteiger partial charge in [-0.05, 0) is 37.5 Å². The number of nitrogens with one attached hydrogen (secondary N) is 2. The first-order chi connectivity index (χ1) is 11.8. The Hall–Kier alpha value is -2.66. The van der Waals surface area contributed by atoms with Crippen LogP contribution in [0.1, 0.15) is 25.0 Å². The molecule has 5 nitrogen and oxygen atoms in total. The monoisotopic (exact) mass is 323 g/mol. The standard InChI is InChI=1S/C19H21N3O2/c23-11-5-1-4-10-20-19(24)9-8-14-12-16-15-6-2-3-7-17(15)22-18(16)13-21-14/h2-3,6-9,12-13,22-23H,1,4-5,10-11H2,(H,20,24)/b9-8+. The molecule has 5 heteroatoms. The van der Waals surface area contributed by atoms with E-state index in [1.54, 1.807) is 12.3 Å². The minimum atomic E-state index is -0.125. The molecule has 0 unspecified atom stereocenters. The first-order valence-electron chi connectivity index (χ1n) is 8.21. The van der Waals surface area contributed by atoms with Crippen LogP contribution in [0.15, 0.2) is 42.6 Å². The summed E-state index contributed by atoms with van der Waals surface area (Å²) in [4.78, 5) is 19.5. The molecule has 24 heavy (non-hydrogen) atoms. The van der Waals surface area contributed by atoms with Crippen LogP contribution in [0.4, 0.5) is 0 Å². The quantitative estimate of drug-likeness (QED) is 0.462. The van der Waals surface area contributed by atoms with E-state index in [-0.39, 0.29) is 12.5 Å². The predicted octanol–water partition coefficient (Wildman–Crippen LogP) is 3.01. The molecule has 0 saturated heterocycles. The summed E-state index contributed by atoms with van der Waals surface area (Å²) in [6.45, 7) is 0.827. The zero-order chi connectivity index (χ0) is 16.8. The smallest absolute Gasteiger partial charge is 0.244 e. The second kappa shape index (κ2) is 7.75. The average Bonchev–Trinajstić information content (AvgIpc) is 2.98. The number of aliphatic hydroxyl groups excluding tert-OH is 1. The number of rotatable bonds is 7. The zero-order valence-corrected chi connectivity index (χ0v) is 13.5. The second-order valence-corrected chi connectivity index (χ2v) is 5.73. The fraction of sp³-hybridized carbons (Fsp3) is 0.263. The molecule has 0 saturated carbocycles. The Morgan fingerprint density at radius 1 is 1.17 bits per heavy atom. The van der Waals surface area contributed by atoms with Crippen molar-refractivity contribution in [3.63, 3.8) is 0 Å². The van der Waals surface area contributed by atoms with Crippen LogP contribution < -0.4 is 5.32 Å². The van der Waals surface area contributed by atoms with E-state index in [1.165, 1.54) is 6.08 Å². The van der Waals surface area contributed by atoms with Gasteiger partial charge in [-0.3, -0.25) is 9.78 Å². The van der Waals surface area contributed by atoms with Crippen molar-refractivity contribution in [3.8, 4) is 0 Å². The van der Waals surface area contributed by atoms with E-state index in [2.05, 4.69) is 21.4 Å². The molecule has 2 aromatic heterocycles. The van der Waals surface area contributed by atoms with Gasteiger partial charge in [0.25, 0.3) is 0 Å². The lowest BCUT2D eigenvalue weighted by Gasteiger charge is -2.01. The van der Waals surface area contributed by atoms with Gasteiger partial charge in [0.2, 0.25) is 5.91 Å². The van der Waals surface area contributed by atoms with Crippen LogP contribution in [0, 0.1) is 0 Å². The van der Waals surface area contributed by atoms with Crippen molar-refractivity contribution in [3.05, 3.63) is 48.3 Å². The number of benzene rings is 1. The van der Waals surface area contributed by atoms with Crippen LogP contribution in [0.25, 0.3) is 27.9 Å². The van der Waals surface area contributed by atoms with Gasteiger partial charge in [0.05, 0.1) is 17.4 Å². The molecular formula is C19H21N3O2. The van der Waals surface area contributed by atoms with Gasteiger partial charge in [0, 0.05) is 35.5 Å². The molecule has 124 valence electrons. The van der Waals surface area contributed by atoms with E-state index in [0.29, 0.717) is 6.54 Å².